The van der Waals surface area contributed by atoms with Crippen LogP contribution in [0.15, 0.2) is 18.2 Å². The highest BCUT2D eigenvalue weighted by atomic mass is 16.7. The number of nitrogens with zero attached hydrogens (tertiary/aromatic N) is 1. The Morgan fingerprint density at radius 2 is 2.16 bits per heavy atom. The van der Waals surface area contributed by atoms with E-state index >= 15 is 0 Å². The minimum Gasteiger partial charge on any atom is -0.481 e. The molecule has 3 heterocycles. The molecule has 7 nitrogen and oxygen atoms in total. The van der Waals surface area contributed by atoms with Crippen LogP contribution in [0.25, 0.3) is 0 Å². The van der Waals surface area contributed by atoms with E-state index in [1.165, 1.54) is 0 Å². The van der Waals surface area contributed by atoms with Crippen LogP contribution in [-0.4, -0.2) is 47.9 Å². The molecular formula is C18H21NO6. The Hall–Kier alpha value is -2.28. The number of piperidine rings is 1. The first kappa shape index (κ1) is 16.2. The Morgan fingerprint density at radius 1 is 1.28 bits per heavy atom. The highest BCUT2D eigenvalue weighted by molar-refractivity contribution is 5.82. The number of carbonyl (C=O) groups is 2. The first-order valence-corrected chi connectivity index (χ1v) is 8.67. The van der Waals surface area contributed by atoms with Crippen molar-refractivity contribution >= 4 is 11.9 Å². The van der Waals surface area contributed by atoms with Crippen LogP contribution in [0.2, 0.25) is 0 Å². The Labute approximate surface area is 145 Å². The molecule has 0 aromatic heterocycles. The maximum absolute atomic E-state index is 12.6. The lowest BCUT2D eigenvalue weighted by Crippen LogP contribution is -2.48. The third kappa shape index (κ3) is 2.93. The zero-order valence-corrected chi connectivity index (χ0v) is 13.8. The molecule has 0 bridgehead atoms. The molecule has 0 aliphatic carbocycles. The van der Waals surface area contributed by atoms with Crippen molar-refractivity contribution in [2.45, 2.75) is 37.8 Å². The molecule has 0 spiro atoms. The van der Waals surface area contributed by atoms with E-state index < -0.39 is 17.9 Å². The summed E-state index contributed by atoms with van der Waals surface area (Å²) in [7, 11) is 0. The van der Waals surface area contributed by atoms with Crippen molar-refractivity contribution in [3.63, 3.8) is 0 Å². The summed E-state index contributed by atoms with van der Waals surface area (Å²) in [6, 6.07) is 4.86. The second kappa shape index (κ2) is 6.55. The number of hydrogen-bond acceptors (Lipinski definition) is 5. The van der Waals surface area contributed by atoms with E-state index in [-0.39, 0.29) is 25.2 Å². The third-order valence-electron chi connectivity index (χ3n) is 5.19. The van der Waals surface area contributed by atoms with Gasteiger partial charge in [0.25, 0.3) is 0 Å². The molecule has 3 atom stereocenters. The van der Waals surface area contributed by atoms with Crippen LogP contribution in [0, 0.1) is 5.92 Å². The van der Waals surface area contributed by atoms with Gasteiger partial charge in [0.2, 0.25) is 12.7 Å². The maximum atomic E-state index is 12.6. The normalized spacial score (nSPS) is 28.4. The van der Waals surface area contributed by atoms with Crippen molar-refractivity contribution in [3.8, 4) is 11.5 Å². The Bertz CT molecular complexity index is 684. The molecule has 1 N–H and O–H groups in total. The highest BCUT2D eigenvalue weighted by Crippen LogP contribution is 2.46. The summed E-state index contributed by atoms with van der Waals surface area (Å²) in [5, 5.41) is 9.74. The van der Waals surface area contributed by atoms with Crippen molar-refractivity contribution in [2.24, 2.45) is 5.92 Å². The van der Waals surface area contributed by atoms with E-state index in [9.17, 15) is 14.7 Å². The molecule has 0 saturated carbocycles. The second-order valence-electron chi connectivity index (χ2n) is 6.69. The van der Waals surface area contributed by atoms with Gasteiger partial charge in [0, 0.05) is 25.1 Å². The second-order valence-corrected chi connectivity index (χ2v) is 6.69. The number of carboxylic acid groups (broad SMARTS) is 1. The number of ether oxygens (including phenoxy) is 3. The average molecular weight is 347 g/mol. The van der Waals surface area contributed by atoms with Crippen LogP contribution in [0.1, 0.15) is 37.3 Å². The van der Waals surface area contributed by atoms with Gasteiger partial charge in [-0.2, -0.15) is 0 Å². The molecule has 3 aliphatic heterocycles. The van der Waals surface area contributed by atoms with E-state index in [0.717, 1.165) is 12.8 Å². The standard InChI is InChI=1S/C18H21NO6/c20-15-7-6-13(18(21)22)16(19(15)9-11-3-2-8-23-11)12-4-1-5-14-17(12)25-10-24-14/h1,4-5,11,13,16H,2-3,6-10H2,(H,21,22). The number of hydrogen-bond donors (Lipinski definition) is 1. The van der Waals surface area contributed by atoms with Gasteiger partial charge in [0.15, 0.2) is 11.5 Å². The molecule has 3 aliphatic rings. The number of carbonyl (C=O) groups excluding carboxylic acids is 1. The molecule has 4 rings (SSSR count). The lowest BCUT2D eigenvalue weighted by molar-refractivity contribution is -0.153. The van der Waals surface area contributed by atoms with Gasteiger partial charge in [-0.1, -0.05) is 12.1 Å². The predicted molar refractivity (Wildman–Crippen MR) is 86.4 cm³/mol. The molecular weight excluding hydrogens is 326 g/mol. The number of para-hydroxylation sites is 1. The molecule has 1 aromatic rings. The van der Waals surface area contributed by atoms with Crippen molar-refractivity contribution in [2.75, 3.05) is 19.9 Å². The van der Waals surface area contributed by atoms with Gasteiger partial charge in [-0.25, -0.2) is 0 Å². The van der Waals surface area contributed by atoms with Crippen molar-refractivity contribution in [3.05, 3.63) is 23.8 Å². The van der Waals surface area contributed by atoms with Crippen LogP contribution in [0.3, 0.4) is 0 Å². The lowest BCUT2D eigenvalue weighted by atomic mass is 9.83. The van der Waals surface area contributed by atoms with Crippen LogP contribution in [0.5, 0.6) is 11.5 Å². The molecule has 3 unspecified atom stereocenters. The molecule has 25 heavy (non-hydrogen) atoms. The number of amides is 1. The van der Waals surface area contributed by atoms with Gasteiger partial charge in [-0.3, -0.25) is 9.59 Å². The largest absolute Gasteiger partial charge is 0.481 e. The van der Waals surface area contributed by atoms with E-state index in [1.54, 1.807) is 11.0 Å². The fraction of sp³-hybridized carbons (Fsp3) is 0.556. The highest BCUT2D eigenvalue weighted by Gasteiger charge is 2.43. The molecule has 0 radical (unpaired) electrons. The lowest BCUT2D eigenvalue weighted by Gasteiger charge is -2.41. The predicted octanol–water partition coefficient (Wildman–Crippen LogP) is 1.96. The van der Waals surface area contributed by atoms with Crippen molar-refractivity contribution < 1.29 is 28.9 Å². The van der Waals surface area contributed by atoms with E-state index in [4.69, 9.17) is 14.2 Å². The number of rotatable bonds is 4. The first-order chi connectivity index (χ1) is 12.1. The summed E-state index contributed by atoms with van der Waals surface area (Å²) in [5.41, 5.74) is 0.702. The van der Waals surface area contributed by atoms with Gasteiger partial charge < -0.3 is 24.2 Å². The molecule has 7 heteroatoms. The molecule has 134 valence electrons. The zero-order valence-electron chi connectivity index (χ0n) is 13.8. The van der Waals surface area contributed by atoms with Gasteiger partial charge in [-0.15, -0.1) is 0 Å². The molecule has 1 aromatic carbocycles. The summed E-state index contributed by atoms with van der Waals surface area (Å²) in [6.45, 7) is 1.21. The van der Waals surface area contributed by atoms with Gasteiger partial charge >= 0.3 is 5.97 Å². The number of benzene rings is 1. The number of aliphatic carboxylic acids is 1. The van der Waals surface area contributed by atoms with E-state index in [2.05, 4.69) is 0 Å². The monoisotopic (exact) mass is 347 g/mol. The maximum Gasteiger partial charge on any atom is 0.308 e. The van der Waals surface area contributed by atoms with Crippen LogP contribution in [-0.2, 0) is 14.3 Å². The topological polar surface area (TPSA) is 85.3 Å². The fourth-order valence-corrected chi connectivity index (χ4v) is 4.00. The minimum atomic E-state index is -0.897. The fourth-order valence-electron chi connectivity index (χ4n) is 4.00. The van der Waals surface area contributed by atoms with Crippen molar-refractivity contribution in [1.82, 2.24) is 4.90 Å². The summed E-state index contributed by atoms with van der Waals surface area (Å²) in [4.78, 5) is 26.2. The first-order valence-electron chi connectivity index (χ1n) is 8.67. The quantitative estimate of drug-likeness (QED) is 0.896. The summed E-state index contributed by atoms with van der Waals surface area (Å²) >= 11 is 0. The van der Waals surface area contributed by atoms with Gasteiger partial charge in [-0.05, 0) is 25.3 Å². The minimum absolute atomic E-state index is 0.0329. The van der Waals surface area contributed by atoms with Crippen LogP contribution < -0.4 is 9.47 Å². The van der Waals surface area contributed by atoms with Crippen molar-refractivity contribution in [1.29, 1.82) is 0 Å². The SMILES string of the molecule is O=C(O)C1CCC(=O)N(CC2CCCO2)C1c1cccc2c1OCO2. The van der Waals surface area contributed by atoms with Gasteiger partial charge in [0.05, 0.1) is 18.1 Å². The molecule has 2 fully saturated rings. The molecule has 2 saturated heterocycles. The summed E-state index contributed by atoms with van der Waals surface area (Å²) in [6.07, 6.45) is 2.39. The van der Waals surface area contributed by atoms with Crippen LogP contribution >= 0.6 is 0 Å². The van der Waals surface area contributed by atoms with Crippen LogP contribution in [0.4, 0.5) is 0 Å². The van der Waals surface area contributed by atoms with E-state index in [1.807, 2.05) is 12.1 Å². The smallest absolute Gasteiger partial charge is 0.308 e. The average Bonchev–Trinajstić information content (AvgIpc) is 3.27. The zero-order chi connectivity index (χ0) is 17.4. The number of carboxylic acids is 1. The van der Waals surface area contributed by atoms with E-state index in [0.29, 0.717) is 36.6 Å². The number of likely N-dealkylation sites (tertiary alicyclic amines) is 1. The summed E-state index contributed by atoms with van der Waals surface area (Å²) < 4.78 is 16.7. The Balaban J connectivity index is 1.73. The summed E-state index contributed by atoms with van der Waals surface area (Å²) in [5.74, 6) is -0.460. The van der Waals surface area contributed by atoms with Gasteiger partial charge in [0.1, 0.15) is 0 Å². The third-order valence-corrected chi connectivity index (χ3v) is 5.19. The Morgan fingerprint density at radius 3 is 2.92 bits per heavy atom. The number of fused-ring (bicyclic) bond motifs is 1. The Kier molecular flexibility index (Phi) is 4.25. The molecule has 1 amide bonds.